The van der Waals surface area contributed by atoms with Gasteiger partial charge in [-0.1, -0.05) is 33.3 Å². The van der Waals surface area contributed by atoms with Crippen LogP contribution in [0.25, 0.3) is 0 Å². The van der Waals surface area contributed by atoms with Crippen molar-refractivity contribution < 1.29 is 14.3 Å². The average Bonchev–Trinajstić information content (AvgIpc) is 3.09. The molecule has 5 rings (SSSR count). The molecule has 2 unspecified atom stereocenters. The van der Waals surface area contributed by atoms with Crippen molar-refractivity contribution in [1.29, 1.82) is 0 Å². The van der Waals surface area contributed by atoms with Gasteiger partial charge in [0, 0.05) is 11.6 Å². The highest BCUT2D eigenvalue weighted by atomic mass is 16.5. The third-order valence-electron chi connectivity index (χ3n) is 9.79. The van der Waals surface area contributed by atoms with Crippen LogP contribution in [0.5, 0.6) is 0 Å². The topological polar surface area (TPSA) is 35.5 Å². The Morgan fingerprint density at radius 3 is 2.75 bits per heavy atom. The van der Waals surface area contributed by atoms with Crippen molar-refractivity contribution >= 4 is 5.97 Å². The molecule has 0 aromatic carbocycles. The quantitative estimate of drug-likeness (QED) is 0.468. The SMILES string of the molecule is C[C@H]1CCC23C[C@]2(C)CCC[C@@H]3[C@@]1(C)CCC1=CCC(C2=CC(=O)OC2)OC1. The molecule has 28 heavy (non-hydrogen) atoms. The molecule has 5 aliphatic rings. The van der Waals surface area contributed by atoms with E-state index in [4.69, 9.17) is 9.47 Å². The van der Waals surface area contributed by atoms with Crippen LogP contribution in [0.2, 0.25) is 0 Å². The summed E-state index contributed by atoms with van der Waals surface area (Å²) in [7, 11) is 0. The van der Waals surface area contributed by atoms with Crippen LogP contribution in [-0.4, -0.2) is 25.3 Å². The number of cyclic esters (lactones) is 1. The molecule has 0 aromatic rings. The molecule has 3 fully saturated rings. The lowest BCUT2D eigenvalue weighted by Gasteiger charge is -2.55. The van der Waals surface area contributed by atoms with E-state index in [1.54, 1.807) is 6.08 Å². The van der Waals surface area contributed by atoms with Crippen molar-refractivity contribution in [3.63, 3.8) is 0 Å². The Bertz CT molecular complexity index is 736. The van der Waals surface area contributed by atoms with E-state index in [0.29, 0.717) is 29.5 Å². The maximum Gasteiger partial charge on any atom is 0.331 e. The molecule has 1 spiro atoms. The first kappa shape index (κ1) is 18.9. The number of ether oxygens (including phenoxy) is 2. The van der Waals surface area contributed by atoms with Crippen molar-refractivity contribution in [2.24, 2.45) is 28.1 Å². The standard InChI is InChI=1S/C25H36O3/c1-17-8-12-25-16-23(25,2)10-4-5-21(25)24(17,3)11-9-18-6-7-20(27-14-18)19-13-22(26)28-15-19/h6,13,17,20-21H,4-5,7-12,14-16H2,1-3H3/t17-,20?,21+,23-,24-,25?/m0/s1. The lowest BCUT2D eigenvalue weighted by atomic mass is 9.50. The van der Waals surface area contributed by atoms with Gasteiger partial charge >= 0.3 is 5.97 Å². The largest absolute Gasteiger partial charge is 0.458 e. The van der Waals surface area contributed by atoms with Gasteiger partial charge in [-0.2, -0.15) is 0 Å². The van der Waals surface area contributed by atoms with Gasteiger partial charge in [-0.05, 0) is 85.0 Å². The first-order valence-electron chi connectivity index (χ1n) is 11.5. The van der Waals surface area contributed by atoms with E-state index < -0.39 is 0 Å². The van der Waals surface area contributed by atoms with Crippen LogP contribution in [0.3, 0.4) is 0 Å². The first-order chi connectivity index (χ1) is 13.4. The Hall–Kier alpha value is -1.09. The Morgan fingerprint density at radius 2 is 2.04 bits per heavy atom. The van der Waals surface area contributed by atoms with E-state index in [0.717, 1.165) is 23.8 Å². The number of esters is 1. The summed E-state index contributed by atoms with van der Waals surface area (Å²) in [5.74, 6) is 1.53. The molecule has 154 valence electrons. The van der Waals surface area contributed by atoms with E-state index in [9.17, 15) is 4.79 Å². The van der Waals surface area contributed by atoms with Gasteiger partial charge in [-0.15, -0.1) is 0 Å². The second-order valence-electron chi connectivity index (χ2n) is 11.0. The maximum absolute atomic E-state index is 11.3. The maximum atomic E-state index is 11.3. The molecule has 3 aliphatic carbocycles. The summed E-state index contributed by atoms with van der Waals surface area (Å²) < 4.78 is 11.1. The van der Waals surface area contributed by atoms with Crippen LogP contribution >= 0.6 is 0 Å². The summed E-state index contributed by atoms with van der Waals surface area (Å²) in [6, 6.07) is 0. The molecule has 6 atom stereocenters. The van der Waals surface area contributed by atoms with Crippen molar-refractivity contribution in [2.75, 3.05) is 13.2 Å². The minimum absolute atomic E-state index is 0.0353. The highest BCUT2D eigenvalue weighted by molar-refractivity contribution is 5.85. The second-order valence-corrected chi connectivity index (χ2v) is 11.0. The van der Waals surface area contributed by atoms with Crippen LogP contribution in [0, 0.1) is 28.1 Å². The highest BCUT2D eigenvalue weighted by Gasteiger charge is 2.72. The van der Waals surface area contributed by atoms with Gasteiger partial charge in [0.25, 0.3) is 0 Å². The first-order valence-corrected chi connectivity index (χ1v) is 11.5. The van der Waals surface area contributed by atoms with Gasteiger partial charge in [-0.25, -0.2) is 4.79 Å². The molecule has 0 N–H and O–H groups in total. The van der Waals surface area contributed by atoms with Crippen molar-refractivity contribution in [3.05, 3.63) is 23.3 Å². The zero-order valence-corrected chi connectivity index (χ0v) is 17.9. The van der Waals surface area contributed by atoms with E-state index in [2.05, 4.69) is 26.8 Å². The fourth-order valence-corrected chi connectivity index (χ4v) is 7.64. The average molecular weight is 385 g/mol. The smallest absolute Gasteiger partial charge is 0.331 e. The van der Waals surface area contributed by atoms with Crippen LogP contribution in [0.4, 0.5) is 0 Å². The van der Waals surface area contributed by atoms with E-state index in [1.807, 2.05) is 0 Å². The number of rotatable bonds is 4. The van der Waals surface area contributed by atoms with Gasteiger partial charge in [0.15, 0.2) is 0 Å². The molecule has 0 amide bonds. The zero-order chi connectivity index (χ0) is 19.6. The van der Waals surface area contributed by atoms with Crippen LogP contribution in [0.15, 0.2) is 23.3 Å². The number of hydrogen-bond donors (Lipinski definition) is 0. The molecule has 3 nitrogen and oxygen atoms in total. The van der Waals surface area contributed by atoms with Gasteiger partial charge in [0.05, 0.1) is 12.7 Å². The normalized spacial score (nSPS) is 47.5. The number of carbonyl (C=O) groups is 1. The molecule has 0 aromatic heterocycles. The molecular formula is C25H36O3. The van der Waals surface area contributed by atoms with Crippen LogP contribution in [0.1, 0.15) is 78.6 Å². The number of hydrogen-bond acceptors (Lipinski definition) is 3. The molecule has 0 saturated heterocycles. The monoisotopic (exact) mass is 384 g/mol. The van der Waals surface area contributed by atoms with Gasteiger partial charge in [0.1, 0.15) is 6.61 Å². The second kappa shape index (κ2) is 6.45. The molecule has 0 bridgehead atoms. The van der Waals surface area contributed by atoms with Gasteiger partial charge in [0.2, 0.25) is 0 Å². The third-order valence-corrected chi connectivity index (χ3v) is 9.79. The number of carbonyl (C=O) groups excluding carboxylic acids is 1. The molecule has 2 heterocycles. The van der Waals surface area contributed by atoms with Crippen molar-refractivity contribution in [1.82, 2.24) is 0 Å². The lowest BCUT2D eigenvalue weighted by molar-refractivity contribution is -0.135. The summed E-state index contributed by atoms with van der Waals surface area (Å²) in [6.07, 6.45) is 16.2. The predicted molar refractivity (Wildman–Crippen MR) is 110 cm³/mol. The Kier molecular flexibility index (Phi) is 4.36. The minimum Gasteiger partial charge on any atom is -0.458 e. The summed E-state index contributed by atoms with van der Waals surface area (Å²) in [4.78, 5) is 11.3. The zero-order valence-electron chi connectivity index (χ0n) is 17.9. The van der Waals surface area contributed by atoms with Crippen LogP contribution in [-0.2, 0) is 14.3 Å². The molecule has 3 saturated carbocycles. The Labute approximate surface area is 169 Å². The summed E-state index contributed by atoms with van der Waals surface area (Å²) >= 11 is 0. The van der Waals surface area contributed by atoms with E-state index >= 15 is 0 Å². The summed E-state index contributed by atoms with van der Waals surface area (Å²) in [5, 5.41) is 0. The van der Waals surface area contributed by atoms with Crippen molar-refractivity contribution in [2.45, 2.75) is 84.7 Å². The summed E-state index contributed by atoms with van der Waals surface area (Å²) in [5.41, 5.74) is 4.28. The Balaban J connectivity index is 1.25. The highest BCUT2D eigenvalue weighted by Crippen LogP contribution is 2.80. The summed E-state index contributed by atoms with van der Waals surface area (Å²) in [6.45, 7) is 8.84. The van der Waals surface area contributed by atoms with Crippen molar-refractivity contribution in [3.8, 4) is 0 Å². The lowest BCUT2D eigenvalue weighted by Crippen LogP contribution is -2.47. The fourth-order valence-electron chi connectivity index (χ4n) is 7.64. The van der Waals surface area contributed by atoms with Gasteiger partial charge in [-0.3, -0.25) is 0 Å². The van der Waals surface area contributed by atoms with E-state index in [-0.39, 0.29) is 12.1 Å². The van der Waals surface area contributed by atoms with E-state index in [1.165, 1.54) is 56.9 Å². The fraction of sp³-hybridized carbons (Fsp3) is 0.800. The predicted octanol–water partition coefficient (Wildman–Crippen LogP) is 5.60. The molecular weight excluding hydrogens is 348 g/mol. The minimum atomic E-state index is -0.221. The van der Waals surface area contributed by atoms with Gasteiger partial charge < -0.3 is 9.47 Å². The molecule has 3 heteroatoms. The van der Waals surface area contributed by atoms with Crippen LogP contribution < -0.4 is 0 Å². The third kappa shape index (κ3) is 2.75. The Morgan fingerprint density at radius 1 is 1.18 bits per heavy atom. The molecule has 2 aliphatic heterocycles. The molecule has 0 radical (unpaired) electrons.